The Kier molecular flexibility index (Phi) is 2.95. The van der Waals surface area contributed by atoms with Gasteiger partial charge in [0, 0.05) is 6.20 Å². The molecule has 1 aliphatic rings. The van der Waals surface area contributed by atoms with Crippen LogP contribution in [0.15, 0.2) is 18.3 Å². The monoisotopic (exact) mass is 270 g/mol. The maximum absolute atomic E-state index is 9.22. The summed E-state index contributed by atoms with van der Waals surface area (Å²) in [7, 11) is 0. The lowest BCUT2D eigenvalue weighted by Gasteiger charge is -2.20. The second-order valence-electron chi connectivity index (χ2n) is 6.23. The summed E-state index contributed by atoms with van der Waals surface area (Å²) in [5.41, 5.74) is 2.77. The van der Waals surface area contributed by atoms with Crippen LogP contribution in [0.5, 0.6) is 5.75 Å². The second-order valence-corrected chi connectivity index (χ2v) is 6.23. The van der Waals surface area contributed by atoms with Crippen molar-refractivity contribution in [1.82, 2.24) is 4.98 Å². The van der Waals surface area contributed by atoms with Crippen molar-refractivity contribution in [2.24, 2.45) is 0 Å². The van der Waals surface area contributed by atoms with E-state index in [9.17, 15) is 5.26 Å². The Morgan fingerprint density at radius 3 is 2.80 bits per heavy atom. The minimum atomic E-state index is 0.0281. The summed E-state index contributed by atoms with van der Waals surface area (Å²) in [6, 6.07) is 6.34. The number of nitrogens with one attached hydrogen (secondary N) is 1. The summed E-state index contributed by atoms with van der Waals surface area (Å²) < 4.78 is 11.1. The number of rotatable bonds is 3. The Balaban J connectivity index is 2.10. The molecule has 3 rings (SSSR count). The Bertz CT molecular complexity index is 685. The zero-order valence-corrected chi connectivity index (χ0v) is 12.0. The number of ether oxygens (including phenoxy) is 2. The number of fused-ring (bicyclic) bond motifs is 1. The van der Waals surface area contributed by atoms with Gasteiger partial charge in [0.05, 0.1) is 23.1 Å². The molecule has 1 N–H and O–H groups in total. The van der Waals surface area contributed by atoms with E-state index >= 15 is 0 Å². The molecule has 1 atom stereocenters. The summed E-state index contributed by atoms with van der Waals surface area (Å²) >= 11 is 0. The number of hydrogen-bond donors (Lipinski definition) is 1. The zero-order valence-electron chi connectivity index (χ0n) is 12.0. The summed E-state index contributed by atoms with van der Waals surface area (Å²) in [6.07, 6.45) is 1.94. The molecule has 1 aromatic carbocycles. The van der Waals surface area contributed by atoms with E-state index in [1.54, 1.807) is 6.20 Å². The molecule has 0 saturated carbocycles. The second kappa shape index (κ2) is 4.53. The van der Waals surface area contributed by atoms with Gasteiger partial charge in [-0.1, -0.05) is 20.8 Å². The molecule has 4 nitrogen and oxygen atoms in total. The summed E-state index contributed by atoms with van der Waals surface area (Å²) in [5, 5.41) is 10.1. The molecule has 2 heterocycles. The Labute approximate surface area is 118 Å². The lowest BCUT2D eigenvalue weighted by Crippen LogP contribution is -2.12. The van der Waals surface area contributed by atoms with Gasteiger partial charge in [-0.3, -0.25) is 0 Å². The van der Waals surface area contributed by atoms with Gasteiger partial charge in [-0.15, -0.1) is 0 Å². The van der Waals surface area contributed by atoms with Gasteiger partial charge in [-0.05, 0) is 23.1 Å². The quantitative estimate of drug-likeness (QED) is 0.872. The van der Waals surface area contributed by atoms with Crippen molar-refractivity contribution in [2.45, 2.75) is 32.3 Å². The van der Waals surface area contributed by atoms with E-state index in [4.69, 9.17) is 9.47 Å². The number of nitrogens with zero attached hydrogens (tertiary/aromatic N) is 1. The number of nitriles is 1. The van der Waals surface area contributed by atoms with Gasteiger partial charge in [-0.2, -0.15) is 5.26 Å². The molecule has 104 valence electrons. The van der Waals surface area contributed by atoms with E-state index in [1.807, 2.05) is 6.07 Å². The predicted molar refractivity (Wildman–Crippen MR) is 76.9 cm³/mol. The summed E-state index contributed by atoms with van der Waals surface area (Å²) in [4.78, 5) is 3.16. The summed E-state index contributed by atoms with van der Waals surface area (Å²) in [6.45, 7) is 7.79. The van der Waals surface area contributed by atoms with Crippen molar-refractivity contribution in [3.8, 4) is 11.8 Å². The van der Waals surface area contributed by atoms with E-state index in [-0.39, 0.29) is 11.5 Å². The first kappa shape index (κ1) is 13.0. The van der Waals surface area contributed by atoms with Crippen LogP contribution in [0.4, 0.5) is 0 Å². The third-order valence-electron chi connectivity index (χ3n) is 3.56. The minimum Gasteiger partial charge on any atom is -0.490 e. The normalized spacial score (nSPS) is 18.0. The van der Waals surface area contributed by atoms with Crippen LogP contribution in [-0.2, 0) is 10.2 Å². The van der Waals surface area contributed by atoms with Crippen LogP contribution in [0.25, 0.3) is 10.9 Å². The van der Waals surface area contributed by atoms with Gasteiger partial charge < -0.3 is 14.5 Å². The fourth-order valence-electron chi connectivity index (χ4n) is 2.21. The highest BCUT2D eigenvalue weighted by molar-refractivity contribution is 5.92. The van der Waals surface area contributed by atoms with Gasteiger partial charge in [-0.25, -0.2) is 0 Å². The van der Waals surface area contributed by atoms with Crippen LogP contribution in [-0.4, -0.2) is 24.3 Å². The third kappa shape index (κ3) is 2.37. The first-order valence-electron chi connectivity index (χ1n) is 6.79. The van der Waals surface area contributed by atoms with Crippen LogP contribution < -0.4 is 4.74 Å². The van der Waals surface area contributed by atoms with Crippen molar-refractivity contribution >= 4 is 10.9 Å². The molecule has 1 aliphatic heterocycles. The number of H-pyrrole nitrogens is 1. The Morgan fingerprint density at radius 1 is 1.45 bits per heavy atom. The molecule has 4 heteroatoms. The average molecular weight is 270 g/mol. The minimum absolute atomic E-state index is 0.0281. The Morgan fingerprint density at radius 2 is 2.20 bits per heavy atom. The van der Waals surface area contributed by atoms with Crippen molar-refractivity contribution in [2.75, 3.05) is 13.2 Å². The average Bonchev–Trinajstić information content (AvgIpc) is 3.12. The molecule has 0 aliphatic carbocycles. The van der Waals surface area contributed by atoms with E-state index in [0.29, 0.717) is 12.2 Å². The molecule has 0 radical (unpaired) electrons. The number of epoxide rings is 1. The number of benzene rings is 1. The van der Waals surface area contributed by atoms with E-state index in [2.05, 4.69) is 37.9 Å². The van der Waals surface area contributed by atoms with Crippen molar-refractivity contribution in [1.29, 1.82) is 5.26 Å². The molecular formula is C16H18N2O2. The first-order valence-corrected chi connectivity index (χ1v) is 6.79. The molecule has 1 aromatic heterocycles. The van der Waals surface area contributed by atoms with E-state index in [0.717, 1.165) is 23.3 Å². The highest BCUT2D eigenvalue weighted by atomic mass is 16.6. The largest absolute Gasteiger partial charge is 0.490 e. The molecular weight excluding hydrogens is 252 g/mol. The molecule has 1 saturated heterocycles. The molecule has 2 aromatic rings. The maximum Gasteiger partial charge on any atom is 0.130 e. The van der Waals surface area contributed by atoms with Gasteiger partial charge in [0.2, 0.25) is 0 Å². The highest BCUT2D eigenvalue weighted by Crippen LogP contribution is 2.35. The first-order chi connectivity index (χ1) is 9.49. The molecule has 1 unspecified atom stereocenters. The van der Waals surface area contributed by atoms with Crippen LogP contribution in [0, 0.1) is 11.3 Å². The van der Waals surface area contributed by atoms with Crippen LogP contribution >= 0.6 is 0 Å². The number of aromatic amines is 1. The van der Waals surface area contributed by atoms with Crippen LogP contribution in [0.3, 0.4) is 0 Å². The van der Waals surface area contributed by atoms with E-state index in [1.165, 1.54) is 5.56 Å². The summed E-state index contributed by atoms with van der Waals surface area (Å²) in [5.74, 6) is 0.765. The standard InChI is InChI=1S/C16H18N2O2/c1-16(2,3)11-4-13-15(10(6-17)7-18-13)14(5-11)20-9-12-8-19-12/h4-5,7,12,18H,8-9H2,1-3H3. The maximum atomic E-state index is 9.22. The van der Waals surface area contributed by atoms with Crippen molar-refractivity contribution in [3.05, 3.63) is 29.5 Å². The van der Waals surface area contributed by atoms with Gasteiger partial charge in [0.25, 0.3) is 0 Å². The predicted octanol–water partition coefficient (Wildman–Crippen LogP) is 3.11. The van der Waals surface area contributed by atoms with Crippen molar-refractivity contribution < 1.29 is 9.47 Å². The SMILES string of the molecule is CC(C)(C)c1cc(OCC2CO2)c2c(C#N)c[nH]c2c1. The van der Waals surface area contributed by atoms with Crippen molar-refractivity contribution in [3.63, 3.8) is 0 Å². The van der Waals surface area contributed by atoms with Gasteiger partial charge in [0.15, 0.2) is 0 Å². The smallest absolute Gasteiger partial charge is 0.130 e. The molecule has 20 heavy (non-hydrogen) atoms. The third-order valence-corrected chi connectivity index (χ3v) is 3.56. The van der Waals surface area contributed by atoms with Crippen LogP contribution in [0.2, 0.25) is 0 Å². The Hall–Kier alpha value is -1.99. The lowest BCUT2D eigenvalue weighted by molar-refractivity contribution is 0.265. The molecule has 0 spiro atoms. The zero-order chi connectivity index (χ0) is 14.3. The van der Waals surface area contributed by atoms with Gasteiger partial charge >= 0.3 is 0 Å². The number of aromatic nitrogens is 1. The van der Waals surface area contributed by atoms with Crippen LogP contribution in [0.1, 0.15) is 31.9 Å². The molecule has 1 fully saturated rings. The van der Waals surface area contributed by atoms with E-state index < -0.39 is 0 Å². The molecule has 0 bridgehead atoms. The lowest BCUT2D eigenvalue weighted by atomic mass is 9.86. The number of hydrogen-bond acceptors (Lipinski definition) is 3. The molecule has 0 amide bonds. The van der Waals surface area contributed by atoms with Gasteiger partial charge in [0.1, 0.15) is 24.5 Å². The fourth-order valence-corrected chi connectivity index (χ4v) is 2.21. The topological polar surface area (TPSA) is 61.3 Å². The highest BCUT2D eigenvalue weighted by Gasteiger charge is 2.25. The fraction of sp³-hybridized carbons (Fsp3) is 0.438.